The summed E-state index contributed by atoms with van der Waals surface area (Å²) in [4.78, 5) is 0. The van der Waals surface area contributed by atoms with Crippen LogP contribution in [0.1, 0.15) is 11.1 Å². The maximum atomic E-state index is 12.4. The van der Waals surface area contributed by atoms with E-state index in [-0.39, 0.29) is 13.2 Å². The Morgan fingerprint density at radius 1 is 1.37 bits per heavy atom. The van der Waals surface area contributed by atoms with Crippen LogP contribution in [-0.4, -0.2) is 37.2 Å². The molecule has 0 saturated heterocycles. The zero-order valence-electron chi connectivity index (χ0n) is 10.2. The van der Waals surface area contributed by atoms with Gasteiger partial charge in [-0.2, -0.15) is 13.1 Å². The van der Waals surface area contributed by atoms with Crippen LogP contribution in [0.3, 0.4) is 0 Å². The molecule has 0 heterocycles. The number of hydrogen-bond donors (Lipinski definition) is 1. The van der Waals surface area contributed by atoms with Crippen molar-refractivity contribution < 1.29 is 22.3 Å². The molecule has 0 unspecified atom stereocenters. The monoisotopic (exact) mass is 289 g/mol. The molecule has 0 aromatic heterocycles. The molecular formula is C12H13F2NO3S. The van der Waals surface area contributed by atoms with Crippen LogP contribution in [0.4, 0.5) is 8.78 Å². The summed E-state index contributed by atoms with van der Waals surface area (Å²) in [7, 11) is -3.53. The fourth-order valence-electron chi connectivity index (χ4n) is 1.38. The maximum absolute atomic E-state index is 12.4. The summed E-state index contributed by atoms with van der Waals surface area (Å²) in [6.07, 6.45) is 0. The SMILES string of the molecule is CN(Cc1ccccc1C#CCO)S(=O)(=O)C(F)F. The van der Waals surface area contributed by atoms with Gasteiger partial charge in [0.15, 0.2) is 0 Å². The highest BCUT2D eigenvalue weighted by atomic mass is 32.2. The van der Waals surface area contributed by atoms with Crippen molar-refractivity contribution in [3.05, 3.63) is 35.4 Å². The lowest BCUT2D eigenvalue weighted by molar-refractivity contribution is 0.222. The van der Waals surface area contributed by atoms with E-state index < -0.39 is 15.8 Å². The zero-order chi connectivity index (χ0) is 14.5. The third-order valence-corrected chi connectivity index (χ3v) is 3.82. The first-order valence-corrected chi connectivity index (χ1v) is 6.81. The number of rotatable bonds is 4. The van der Waals surface area contributed by atoms with Gasteiger partial charge in [-0.1, -0.05) is 30.0 Å². The van der Waals surface area contributed by atoms with Crippen LogP contribution < -0.4 is 0 Å². The minimum Gasteiger partial charge on any atom is -0.384 e. The topological polar surface area (TPSA) is 57.6 Å². The smallest absolute Gasteiger partial charge is 0.350 e. The van der Waals surface area contributed by atoms with Crippen molar-refractivity contribution in [3.63, 3.8) is 0 Å². The van der Waals surface area contributed by atoms with E-state index in [9.17, 15) is 17.2 Å². The van der Waals surface area contributed by atoms with Crippen LogP contribution in [0.25, 0.3) is 0 Å². The van der Waals surface area contributed by atoms with Crippen LogP contribution >= 0.6 is 0 Å². The largest absolute Gasteiger partial charge is 0.384 e. The second kappa shape index (κ2) is 6.61. The maximum Gasteiger partial charge on any atom is 0.350 e. The Kier molecular flexibility index (Phi) is 5.42. The van der Waals surface area contributed by atoms with Gasteiger partial charge in [-0.25, -0.2) is 8.42 Å². The Morgan fingerprint density at radius 3 is 2.58 bits per heavy atom. The molecule has 1 rings (SSSR count). The normalized spacial score (nSPS) is 11.5. The van der Waals surface area contributed by atoms with Crippen molar-refractivity contribution in [1.29, 1.82) is 0 Å². The highest BCUT2D eigenvalue weighted by Gasteiger charge is 2.29. The fraction of sp³-hybridized carbons (Fsp3) is 0.333. The van der Waals surface area contributed by atoms with Gasteiger partial charge in [-0.05, 0) is 11.6 Å². The first kappa shape index (κ1) is 15.6. The minimum atomic E-state index is -4.61. The molecule has 0 radical (unpaired) electrons. The number of aliphatic hydroxyl groups excluding tert-OH is 1. The zero-order valence-corrected chi connectivity index (χ0v) is 11.0. The van der Waals surface area contributed by atoms with Gasteiger partial charge in [-0.15, -0.1) is 0 Å². The van der Waals surface area contributed by atoms with E-state index in [1.807, 2.05) is 0 Å². The first-order chi connectivity index (χ1) is 8.89. The molecule has 0 atom stereocenters. The van der Waals surface area contributed by atoms with Gasteiger partial charge >= 0.3 is 5.76 Å². The molecule has 0 bridgehead atoms. The molecule has 0 saturated carbocycles. The summed E-state index contributed by atoms with van der Waals surface area (Å²) in [5, 5.41) is 8.62. The Bertz CT molecular complexity index is 590. The summed E-state index contributed by atoms with van der Waals surface area (Å²) < 4.78 is 47.9. The molecule has 0 aliphatic carbocycles. The number of aliphatic hydroxyl groups is 1. The van der Waals surface area contributed by atoms with Gasteiger partial charge in [0.2, 0.25) is 0 Å². The van der Waals surface area contributed by atoms with Crippen LogP contribution in [0.15, 0.2) is 24.3 Å². The number of alkyl halides is 2. The van der Waals surface area contributed by atoms with Crippen molar-refractivity contribution in [2.24, 2.45) is 0 Å². The van der Waals surface area contributed by atoms with Gasteiger partial charge < -0.3 is 5.11 Å². The van der Waals surface area contributed by atoms with Crippen LogP contribution in [0.2, 0.25) is 0 Å². The van der Waals surface area contributed by atoms with Crippen LogP contribution in [0, 0.1) is 11.8 Å². The Labute approximate surface area is 110 Å². The molecule has 0 aliphatic rings. The van der Waals surface area contributed by atoms with Crippen molar-refractivity contribution in [2.45, 2.75) is 12.3 Å². The first-order valence-electron chi connectivity index (χ1n) is 5.30. The van der Waals surface area contributed by atoms with E-state index in [1.165, 1.54) is 0 Å². The number of halogens is 2. The lowest BCUT2D eigenvalue weighted by Crippen LogP contribution is -2.31. The molecule has 104 valence electrons. The van der Waals surface area contributed by atoms with E-state index >= 15 is 0 Å². The van der Waals surface area contributed by atoms with E-state index in [1.54, 1.807) is 24.3 Å². The Balaban J connectivity index is 3.01. The predicted octanol–water partition coefficient (Wildman–Crippen LogP) is 1.01. The van der Waals surface area contributed by atoms with Crippen molar-refractivity contribution in [3.8, 4) is 11.8 Å². The fourth-order valence-corrected chi connectivity index (χ4v) is 1.97. The van der Waals surface area contributed by atoms with Gasteiger partial charge in [0.25, 0.3) is 10.0 Å². The standard InChI is InChI=1S/C12H13F2NO3S/c1-15(19(17,18)12(13)14)9-11-6-3-2-5-10(11)7-4-8-16/h2-3,5-6,12,16H,8-9H2,1H3. The van der Waals surface area contributed by atoms with Gasteiger partial charge in [-0.3, -0.25) is 0 Å². The summed E-state index contributed by atoms with van der Waals surface area (Å²) in [5.74, 6) is 1.62. The third-order valence-electron chi connectivity index (χ3n) is 2.37. The van der Waals surface area contributed by atoms with Crippen molar-refractivity contribution in [2.75, 3.05) is 13.7 Å². The Hall–Kier alpha value is -1.49. The molecule has 7 heteroatoms. The number of nitrogens with zero attached hydrogens (tertiary/aromatic N) is 1. The number of sulfonamides is 1. The van der Waals surface area contributed by atoms with Crippen LogP contribution in [0.5, 0.6) is 0 Å². The molecule has 0 fully saturated rings. The third kappa shape index (κ3) is 3.99. The molecular weight excluding hydrogens is 276 g/mol. The van der Waals surface area contributed by atoms with E-state index in [2.05, 4.69) is 11.8 Å². The average Bonchev–Trinajstić information content (AvgIpc) is 2.37. The molecule has 0 aliphatic heterocycles. The van der Waals surface area contributed by atoms with E-state index in [4.69, 9.17) is 5.11 Å². The van der Waals surface area contributed by atoms with Gasteiger partial charge in [0.05, 0.1) is 0 Å². The highest BCUT2D eigenvalue weighted by Crippen LogP contribution is 2.16. The van der Waals surface area contributed by atoms with Gasteiger partial charge in [0, 0.05) is 19.2 Å². The Morgan fingerprint density at radius 2 is 2.00 bits per heavy atom. The van der Waals surface area contributed by atoms with Crippen molar-refractivity contribution in [1.82, 2.24) is 4.31 Å². The van der Waals surface area contributed by atoms with Crippen molar-refractivity contribution >= 4 is 10.0 Å². The summed E-state index contributed by atoms with van der Waals surface area (Å²) in [6.45, 7) is -0.539. The molecule has 1 N–H and O–H groups in total. The van der Waals surface area contributed by atoms with Gasteiger partial charge in [0.1, 0.15) is 6.61 Å². The second-order valence-electron chi connectivity index (χ2n) is 3.68. The lowest BCUT2D eigenvalue weighted by atomic mass is 10.1. The number of benzene rings is 1. The van der Waals surface area contributed by atoms with E-state index in [0.29, 0.717) is 15.4 Å². The molecule has 19 heavy (non-hydrogen) atoms. The van der Waals surface area contributed by atoms with Crippen LogP contribution in [-0.2, 0) is 16.6 Å². The highest BCUT2D eigenvalue weighted by molar-refractivity contribution is 7.89. The van der Waals surface area contributed by atoms with E-state index in [0.717, 1.165) is 7.05 Å². The number of hydrogen-bond acceptors (Lipinski definition) is 3. The predicted molar refractivity (Wildman–Crippen MR) is 66.8 cm³/mol. The summed E-state index contributed by atoms with van der Waals surface area (Å²) in [5.41, 5.74) is 0.989. The molecule has 0 spiro atoms. The minimum absolute atomic E-state index is 0.205. The lowest BCUT2D eigenvalue weighted by Gasteiger charge is -2.17. The molecule has 1 aromatic rings. The second-order valence-corrected chi connectivity index (χ2v) is 5.69. The summed E-state index contributed by atoms with van der Waals surface area (Å²) >= 11 is 0. The summed E-state index contributed by atoms with van der Waals surface area (Å²) in [6, 6.07) is 6.56. The average molecular weight is 289 g/mol. The quantitative estimate of drug-likeness (QED) is 0.842. The molecule has 1 aromatic carbocycles. The molecule has 0 amide bonds. The molecule has 4 nitrogen and oxygen atoms in total.